The van der Waals surface area contributed by atoms with Crippen LogP contribution in [0.4, 0.5) is 13.2 Å². The van der Waals surface area contributed by atoms with Gasteiger partial charge in [0.05, 0.1) is 5.56 Å². The number of alkyl halides is 3. The zero-order valence-corrected chi connectivity index (χ0v) is 13.4. The molecule has 0 spiro atoms. The van der Waals surface area contributed by atoms with Crippen molar-refractivity contribution in [1.29, 1.82) is 0 Å². The first-order chi connectivity index (χ1) is 11.3. The molecular weight excluding hydrogens is 319 g/mol. The molecule has 6 heteroatoms. The topological polar surface area (TPSA) is 49.3 Å². The first-order valence-electron chi connectivity index (χ1n) is 8.49. The van der Waals surface area contributed by atoms with E-state index in [-0.39, 0.29) is 24.4 Å². The summed E-state index contributed by atoms with van der Waals surface area (Å²) in [5.74, 6) is -0.348. The molecule has 1 aromatic carbocycles. The molecule has 2 fully saturated rings. The van der Waals surface area contributed by atoms with Gasteiger partial charge in [0.2, 0.25) is 0 Å². The third-order valence-electron chi connectivity index (χ3n) is 5.46. The molecule has 1 saturated heterocycles. The van der Waals surface area contributed by atoms with Crippen LogP contribution in [-0.2, 0) is 11.0 Å². The quantitative estimate of drug-likeness (QED) is 0.857. The lowest BCUT2D eigenvalue weighted by molar-refractivity contribution is -0.139. The first-order valence-corrected chi connectivity index (χ1v) is 8.49. The molecule has 132 valence electrons. The van der Waals surface area contributed by atoms with Gasteiger partial charge < -0.3 is 10.4 Å². The van der Waals surface area contributed by atoms with Crippen LogP contribution in [-0.4, -0.2) is 17.1 Å². The Morgan fingerprint density at radius 1 is 1.17 bits per heavy atom. The Morgan fingerprint density at radius 3 is 2.46 bits per heavy atom. The Kier molecular flexibility index (Phi) is 4.85. The Hall–Kier alpha value is -1.56. The van der Waals surface area contributed by atoms with Crippen molar-refractivity contribution >= 4 is 5.97 Å². The first kappa shape index (κ1) is 17.3. The van der Waals surface area contributed by atoms with Gasteiger partial charge >= 0.3 is 12.1 Å². The van der Waals surface area contributed by atoms with Gasteiger partial charge in [-0.15, -0.1) is 0 Å². The highest BCUT2D eigenvalue weighted by Crippen LogP contribution is 2.42. The van der Waals surface area contributed by atoms with E-state index in [9.17, 15) is 23.1 Å². The molecule has 1 aromatic rings. The molecule has 1 aliphatic heterocycles. The van der Waals surface area contributed by atoms with Gasteiger partial charge in [-0.2, -0.15) is 13.2 Å². The summed E-state index contributed by atoms with van der Waals surface area (Å²) in [4.78, 5) is 11.2. The van der Waals surface area contributed by atoms with E-state index in [2.05, 4.69) is 5.32 Å². The van der Waals surface area contributed by atoms with E-state index in [4.69, 9.17) is 0 Å². The average Bonchev–Trinajstić information content (AvgIpc) is 2.53. The SMILES string of the molecule is O=C(O)CC1CC(c2ccc(C(F)(F)F)cc2)NC2CCCCC12. The van der Waals surface area contributed by atoms with E-state index in [1.165, 1.54) is 12.1 Å². The monoisotopic (exact) mass is 341 g/mol. The standard InChI is InChI=1S/C18H22F3NO2/c19-18(20,21)13-7-5-11(6-8-13)16-9-12(10-17(23)24)14-3-1-2-4-15(14)22-16/h5-8,12,14-16,22H,1-4,9-10H2,(H,23,24). The summed E-state index contributed by atoms with van der Waals surface area (Å²) in [5, 5.41) is 12.8. The fraction of sp³-hybridized carbons (Fsp3) is 0.611. The lowest BCUT2D eigenvalue weighted by Gasteiger charge is -2.45. The number of aliphatic carboxylic acids is 1. The molecule has 0 aromatic heterocycles. The van der Waals surface area contributed by atoms with Crippen LogP contribution in [0.3, 0.4) is 0 Å². The van der Waals surface area contributed by atoms with Gasteiger partial charge in [0.1, 0.15) is 0 Å². The normalized spacial score (nSPS) is 30.6. The van der Waals surface area contributed by atoms with E-state index < -0.39 is 17.7 Å². The number of piperidine rings is 1. The molecule has 4 unspecified atom stereocenters. The van der Waals surface area contributed by atoms with Crippen molar-refractivity contribution in [2.45, 2.75) is 56.8 Å². The molecule has 0 radical (unpaired) electrons. The van der Waals surface area contributed by atoms with Crippen LogP contribution >= 0.6 is 0 Å². The predicted octanol–water partition coefficient (Wildman–Crippen LogP) is 4.39. The smallest absolute Gasteiger partial charge is 0.416 e. The molecule has 2 N–H and O–H groups in total. The van der Waals surface area contributed by atoms with Crippen LogP contribution in [0.5, 0.6) is 0 Å². The lowest BCUT2D eigenvalue weighted by atomic mass is 9.69. The van der Waals surface area contributed by atoms with E-state index in [0.717, 1.165) is 43.4 Å². The van der Waals surface area contributed by atoms with Crippen molar-refractivity contribution in [2.24, 2.45) is 11.8 Å². The number of halogens is 3. The Labute approximate surface area is 139 Å². The number of rotatable bonds is 3. The Morgan fingerprint density at radius 2 is 1.83 bits per heavy atom. The van der Waals surface area contributed by atoms with Crippen molar-refractivity contribution in [2.75, 3.05) is 0 Å². The average molecular weight is 341 g/mol. The van der Waals surface area contributed by atoms with Gasteiger partial charge in [-0.25, -0.2) is 0 Å². The highest BCUT2D eigenvalue weighted by Gasteiger charge is 2.40. The number of hydrogen-bond donors (Lipinski definition) is 2. The highest BCUT2D eigenvalue weighted by atomic mass is 19.4. The largest absolute Gasteiger partial charge is 0.481 e. The third-order valence-corrected chi connectivity index (χ3v) is 5.46. The van der Waals surface area contributed by atoms with Crippen molar-refractivity contribution in [1.82, 2.24) is 5.32 Å². The zero-order chi connectivity index (χ0) is 17.3. The Bertz CT molecular complexity index is 585. The maximum atomic E-state index is 12.7. The Balaban J connectivity index is 1.79. The molecule has 3 rings (SSSR count). The lowest BCUT2D eigenvalue weighted by Crippen LogP contribution is -2.49. The van der Waals surface area contributed by atoms with E-state index in [0.29, 0.717) is 12.3 Å². The fourth-order valence-corrected chi connectivity index (χ4v) is 4.33. The molecule has 24 heavy (non-hydrogen) atoms. The number of carboxylic acids is 1. The van der Waals surface area contributed by atoms with Crippen molar-refractivity contribution in [3.05, 3.63) is 35.4 Å². The van der Waals surface area contributed by atoms with Gasteiger partial charge in [0.15, 0.2) is 0 Å². The van der Waals surface area contributed by atoms with Gasteiger partial charge in [-0.05, 0) is 48.8 Å². The summed E-state index contributed by atoms with van der Waals surface area (Å²) in [5.41, 5.74) is 0.155. The number of carboxylic acid groups (broad SMARTS) is 1. The summed E-state index contributed by atoms with van der Waals surface area (Å²) in [6, 6.07) is 5.44. The number of benzene rings is 1. The minimum absolute atomic E-state index is 0.0732. The second-order valence-corrected chi connectivity index (χ2v) is 6.99. The number of carbonyl (C=O) groups is 1. The van der Waals surface area contributed by atoms with E-state index >= 15 is 0 Å². The maximum Gasteiger partial charge on any atom is 0.416 e. The molecule has 0 amide bonds. The maximum absolute atomic E-state index is 12.7. The second kappa shape index (κ2) is 6.75. The van der Waals surface area contributed by atoms with Crippen molar-refractivity contribution in [3.8, 4) is 0 Å². The summed E-state index contributed by atoms with van der Waals surface area (Å²) in [6.07, 6.45) is 0.766. The minimum Gasteiger partial charge on any atom is -0.481 e. The fourth-order valence-electron chi connectivity index (χ4n) is 4.33. The predicted molar refractivity (Wildman–Crippen MR) is 83.4 cm³/mol. The van der Waals surface area contributed by atoms with Crippen molar-refractivity contribution in [3.63, 3.8) is 0 Å². The number of fused-ring (bicyclic) bond motifs is 1. The summed E-state index contributed by atoms with van der Waals surface area (Å²) in [7, 11) is 0. The van der Waals surface area contributed by atoms with Crippen molar-refractivity contribution < 1.29 is 23.1 Å². The molecule has 2 aliphatic rings. The van der Waals surface area contributed by atoms with Gasteiger partial charge in [-0.3, -0.25) is 4.79 Å². The summed E-state index contributed by atoms with van der Waals surface area (Å²) >= 11 is 0. The van der Waals surface area contributed by atoms with Gasteiger partial charge in [0.25, 0.3) is 0 Å². The van der Waals surface area contributed by atoms with Gasteiger partial charge in [-0.1, -0.05) is 25.0 Å². The molecule has 1 saturated carbocycles. The van der Waals surface area contributed by atoms with Crippen LogP contribution in [0, 0.1) is 11.8 Å². The van der Waals surface area contributed by atoms with E-state index in [1.54, 1.807) is 0 Å². The number of hydrogen-bond acceptors (Lipinski definition) is 2. The van der Waals surface area contributed by atoms with E-state index in [1.807, 2.05) is 0 Å². The van der Waals surface area contributed by atoms with Crippen LogP contribution in [0.1, 0.15) is 55.7 Å². The van der Waals surface area contributed by atoms with Crippen LogP contribution in [0.2, 0.25) is 0 Å². The highest BCUT2D eigenvalue weighted by molar-refractivity contribution is 5.67. The van der Waals surface area contributed by atoms with Gasteiger partial charge in [0, 0.05) is 18.5 Å². The molecule has 1 heterocycles. The molecule has 1 aliphatic carbocycles. The zero-order valence-electron chi connectivity index (χ0n) is 13.4. The van der Waals surface area contributed by atoms with Crippen LogP contribution in [0.25, 0.3) is 0 Å². The summed E-state index contributed by atoms with van der Waals surface area (Å²) in [6.45, 7) is 0. The molecule has 4 atom stereocenters. The molecule has 0 bridgehead atoms. The summed E-state index contributed by atoms with van der Waals surface area (Å²) < 4.78 is 38.1. The molecular formula is C18H22F3NO2. The van der Waals surface area contributed by atoms with Crippen LogP contribution in [0.15, 0.2) is 24.3 Å². The third kappa shape index (κ3) is 3.74. The minimum atomic E-state index is -4.33. The molecule has 3 nitrogen and oxygen atoms in total. The van der Waals surface area contributed by atoms with Crippen LogP contribution < -0.4 is 5.32 Å². The number of nitrogens with one attached hydrogen (secondary N) is 1. The second-order valence-electron chi connectivity index (χ2n) is 6.99.